The highest BCUT2D eigenvalue weighted by Gasteiger charge is 2.20. The minimum Gasteiger partial charge on any atom is -0.493 e. The molecule has 0 radical (unpaired) electrons. The fraction of sp³-hybridized carbons (Fsp3) is 0.625. The molecule has 0 amide bonds. The molecule has 0 saturated carbocycles. The first-order valence-corrected chi connectivity index (χ1v) is 7.82. The van der Waals surface area contributed by atoms with Crippen LogP contribution in [0.15, 0.2) is 12.1 Å². The Bertz CT molecular complexity index is 459. The van der Waals surface area contributed by atoms with Crippen molar-refractivity contribution in [1.82, 2.24) is 5.32 Å². The van der Waals surface area contributed by atoms with E-state index in [2.05, 4.69) is 19.2 Å². The van der Waals surface area contributed by atoms with Crippen LogP contribution in [0, 0.1) is 0 Å². The predicted molar refractivity (Wildman–Crippen MR) is 84.4 cm³/mol. The molecule has 0 bridgehead atoms. The molecule has 1 aromatic carbocycles. The van der Waals surface area contributed by atoms with Crippen molar-refractivity contribution in [3.8, 4) is 11.5 Å². The maximum absolute atomic E-state index is 6.37. The summed E-state index contributed by atoms with van der Waals surface area (Å²) in [6.45, 7) is 6.39. The summed E-state index contributed by atoms with van der Waals surface area (Å²) >= 11 is 6.37. The van der Waals surface area contributed by atoms with Crippen LogP contribution < -0.4 is 14.8 Å². The van der Waals surface area contributed by atoms with Crippen molar-refractivity contribution in [3.05, 3.63) is 22.7 Å². The van der Waals surface area contributed by atoms with E-state index in [1.807, 2.05) is 12.1 Å². The molecule has 1 fully saturated rings. The van der Waals surface area contributed by atoms with Crippen molar-refractivity contribution >= 4 is 11.6 Å². The van der Waals surface area contributed by atoms with Crippen molar-refractivity contribution in [2.45, 2.75) is 45.4 Å². The van der Waals surface area contributed by atoms with Gasteiger partial charge >= 0.3 is 0 Å². The first-order valence-electron chi connectivity index (χ1n) is 7.44. The van der Waals surface area contributed by atoms with Gasteiger partial charge in [0, 0.05) is 19.2 Å². The highest BCUT2D eigenvalue weighted by Crippen LogP contribution is 2.37. The van der Waals surface area contributed by atoms with E-state index in [1.54, 1.807) is 7.11 Å². The second-order valence-corrected chi connectivity index (χ2v) is 6.01. The van der Waals surface area contributed by atoms with Gasteiger partial charge in [-0.05, 0) is 30.5 Å². The molecule has 1 N–H and O–H groups in total. The summed E-state index contributed by atoms with van der Waals surface area (Å²) in [5.41, 5.74) is 1.08. The molecule has 0 aromatic heterocycles. The van der Waals surface area contributed by atoms with Gasteiger partial charge in [0.2, 0.25) is 0 Å². The van der Waals surface area contributed by atoms with Crippen molar-refractivity contribution in [1.29, 1.82) is 0 Å². The minimum absolute atomic E-state index is 0.0461. The van der Waals surface area contributed by atoms with Crippen LogP contribution in [0.5, 0.6) is 11.5 Å². The quantitative estimate of drug-likeness (QED) is 0.873. The number of methoxy groups -OCH3 is 1. The Labute approximate surface area is 131 Å². The van der Waals surface area contributed by atoms with Crippen molar-refractivity contribution in [3.63, 3.8) is 0 Å². The first kappa shape index (κ1) is 16.4. The number of benzene rings is 1. The SMILES string of the molecule is COc1cc(CNC(C)C)cc(Cl)c1OC1CCCOC1. The number of rotatable bonds is 6. The fourth-order valence-electron chi connectivity index (χ4n) is 2.28. The van der Waals surface area contributed by atoms with E-state index in [-0.39, 0.29) is 6.10 Å². The van der Waals surface area contributed by atoms with Crippen LogP contribution in [0.2, 0.25) is 5.02 Å². The Morgan fingerprint density at radius 2 is 2.24 bits per heavy atom. The molecule has 5 heteroatoms. The lowest BCUT2D eigenvalue weighted by atomic mass is 10.1. The maximum Gasteiger partial charge on any atom is 0.180 e. The Hall–Kier alpha value is -0.970. The third-order valence-electron chi connectivity index (χ3n) is 3.41. The van der Waals surface area contributed by atoms with Gasteiger partial charge in [0.15, 0.2) is 11.5 Å². The van der Waals surface area contributed by atoms with E-state index in [1.165, 1.54) is 0 Å². The minimum atomic E-state index is 0.0461. The van der Waals surface area contributed by atoms with Gasteiger partial charge < -0.3 is 19.5 Å². The molecule has 1 aliphatic rings. The summed E-state index contributed by atoms with van der Waals surface area (Å²) in [5, 5.41) is 3.95. The van der Waals surface area contributed by atoms with Gasteiger partial charge in [0.25, 0.3) is 0 Å². The van der Waals surface area contributed by atoms with Gasteiger partial charge in [-0.15, -0.1) is 0 Å². The van der Waals surface area contributed by atoms with Crippen LogP contribution in [-0.2, 0) is 11.3 Å². The van der Waals surface area contributed by atoms with E-state index < -0.39 is 0 Å². The molecule has 4 nitrogen and oxygen atoms in total. The van der Waals surface area contributed by atoms with Gasteiger partial charge in [0.1, 0.15) is 6.10 Å². The number of halogens is 1. The topological polar surface area (TPSA) is 39.7 Å². The molecule has 1 atom stereocenters. The summed E-state index contributed by atoms with van der Waals surface area (Å²) in [7, 11) is 1.63. The molecule has 1 heterocycles. The molecule has 118 valence electrons. The van der Waals surface area contributed by atoms with Crippen molar-refractivity contribution < 1.29 is 14.2 Å². The van der Waals surface area contributed by atoms with Gasteiger partial charge in [-0.2, -0.15) is 0 Å². The lowest BCUT2D eigenvalue weighted by Gasteiger charge is -2.25. The van der Waals surface area contributed by atoms with Crippen LogP contribution in [-0.4, -0.2) is 32.5 Å². The number of hydrogen-bond acceptors (Lipinski definition) is 4. The Kier molecular flexibility index (Phi) is 6.15. The second kappa shape index (κ2) is 7.87. The van der Waals surface area contributed by atoms with Crippen LogP contribution in [0.1, 0.15) is 32.3 Å². The third-order valence-corrected chi connectivity index (χ3v) is 3.69. The molecule has 0 aliphatic carbocycles. The van der Waals surface area contributed by atoms with Crippen LogP contribution in [0.4, 0.5) is 0 Å². The Morgan fingerprint density at radius 1 is 1.43 bits per heavy atom. The molecule has 1 aromatic rings. The fourth-order valence-corrected chi connectivity index (χ4v) is 2.56. The molecule has 1 saturated heterocycles. The zero-order chi connectivity index (χ0) is 15.2. The van der Waals surface area contributed by atoms with Crippen LogP contribution in [0.25, 0.3) is 0 Å². The molecular weight excluding hydrogens is 290 g/mol. The molecular formula is C16H24ClNO3. The second-order valence-electron chi connectivity index (χ2n) is 5.60. The Morgan fingerprint density at radius 3 is 2.86 bits per heavy atom. The van der Waals surface area contributed by atoms with Gasteiger partial charge in [-0.1, -0.05) is 25.4 Å². The lowest BCUT2D eigenvalue weighted by molar-refractivity contribution is 0.00648. The van der Waals surface area contributed by atoms with E-state index in [9.17, 15) is 0 Å². The maximum atomic E-state index is 6.37. The smallest absolute Gasteiger partial charge is 0.180 e. The standard InChI is InChI=1S/C16H24ClNO3/c1-11(2)18-9-12-7-14(17)16(15(8-12)19-3)21-13-5-4-6-20-10-13/h7-8,11,13,18H,4-6,9-10H2,1-3H3. The third kappa shape index (κ3) is 4.77. The highest BCUT2D eigenvalue weighted by molar-refractivity contribution is 6.32. The van der Waals surface area contributed by atoms with Gasteiger partial charge in [0.05, 0.1) is 18.7 Å². The average Bonchev–Trinajstić information content (AvgIpc) is 2.48. The van der Waals surface area contributed by atoms with E-state index in [0.717, 1.165) is 31.6 Å². The number of ether oxygens (including phenoxy) is 3. The molecule has 2 rings (SSSR count). The van der Waals surface area contributed by atoms with E-state index in [0.29, 0.717) is 29.2 Å². The molecule has 1 aliphatic heterocycles. The zero-order valence-electron chi connectivity index (χ0n) is 12.9. The molecule has 21 heavy (non-hydrogen) atoms. The van der Waals surface area contributed by atoms with Crippen molar-refractivity contribution in [2.75, 3.05) is 20.3 Å². The van der Waals surface area contributed by atoms with Crippen LogP contribution in [0.3, 0.4) is 0 Å². The Balaban J connectivity index is 2.12. The summed E-state index contributed by atoms with van der Waals surface area (Å²) in [4.78, 5) is 0. The average molecular weight is 314 g/mol. The number of nitrogens with one attached hydrogen (secondary N) is 1. The predicted octanol–water partition coefficient (Wildman–Crippen LogP) is 3.40. The normalized spacial score (nSPS) is 18.8. The summed E-state index contributed by atoms with van der Waals surface area (Å²) in [6.07, 6.45) is 2.04. The highest BCUT2D eigenvalue weighted by atomic mass is 35.5. The van der Waals surface area contributed by atoms with Gasteiger partial charge in [-0.3, -0.25) is 0 Å². The largest absolute Gasteiger partial charge is 0.493 e. The monoisotopic (exact) mass is 313 g/mol. The summed E-state index contributed by atoms with van der Waals surface area (Å²) in [6, 6.07) is 4.32. The molecule has 1 unspecified atom stereocenters. The van der Waals surface area contributed by atoms with Crippen molar-refractivity contribution in [2.24, 2.45) is 0 Å². The zero-order valence-corrected chi connectivity index (χ0v) is 13.7. The summed E-state index contributed by atoms with van der Waals surface area (Å²) in [5.74, 6) is 1.29. The number of hydrogen-bond donors (Lipinski definition) is 1. The van der Waals surface area contributed by atoms with E-state index in [4.69, 9.17) is 25.8 Å². The van der Waals surface area contributed by atoms with Gasteiger partial charge in [-0.25, -0.2) is 0 Å². The lowest BCUT2D eigenvalue weighted by Crippen LogP contribution is -2.28. The molecule has 0 spiro atoms. The van der Waals surface area contributed by atoms with Crippen LogP contribution >= 0.6 is 11.6 Å². The first-order chi connectivity index (χ1) is 10.1. The van der Waals surface area contributed by atoms with E-state index >= 15 is 0 Å². The summed E-state index contributed by atoms with van der Waals surface area (Å²) < 4.78 is 16.9.